The Morgan fingerprint density at radius 1 is 1.31 bits per heavy atom. The van der Waals surface area contributed by atoms with Gasteiger partial charge >= 0.3 is 11.9 Å². The van der Waals surface area contributed by atoms with Crippen LogP contribution in [-0.4, -0.2) is 18.5 Å². The zero-order valence-electron chi connectivity index (χ0n) is 9.36. The molecule has 0 spiro atoms. The number of rotatable bonds is 4. The van der Waals surface area contributed by atoms with Gasteiger partial charge in [-0.3, -0.25) is 4.79 Å². The molecule has 0 aliphatic rings. The normalized spacial score (nSPS) is 9.62. The number of carbonyl (C=O) groups excluding carboxylic acids is 2. The molecular weight excluding hydrogens is 208 g/mol. The Morgan fingerprint density at radius 3 is 2.69 bits per heavy atom. The lowest BCUT2D eigenvalue weighted by Crippen LogP contribution is -2.09. The molecule has 1 aromatic carbocycles. The maximum Gasteiger partial charge on any atom is 0.345 e. The highest BCUT2D eigenvalue weighted by atomic mass is 16.6. The number of esters is 2. The number of ether oxygens (including phenoxy) is 2. The van der Waals surface area contributed by atoms with Crippen molar-refractivity contribution in [2.75, 3.05) is 6.61 Å². The Hall–Kier alpha value is -1.84. The summed E-state index contributed by atoms with van der Waals surface area (Å²) >= 11 is 0. The van der Waals surface area contributed by atoms with Crippen molar-refractivity contribution in [2.45, 2.75) is 20.3 Å². The van der Waals surface area contributed by atoms with Crippen molar-refractivity contribution in [3.05, 3.63) is 29.8 Å². The van der Waals surface area contributed by atoms with Gasteiger partial charge in [0, 0.05) is 6.92 Å². The van der Waals surface area contributed by atoms with Gasteiger partial charge < -0.3 is 9.47 Å². The van der Waals surface area contributed by atoms with Gasteiger partial charge in [-0.25, -0.2) is 4.79 Å². The topological polar surface area (TPSA) is 52.6 Å². The second-order valence-corrected chi connectivity index (χ2v) is 3.26. The number of carbonyl (C=O) groups is 2. The highest BCUT2D eigenvalue weighted by molar-refractivity contribution is 5.96. The molecule has 0 fully saturated rings. The smallest absolute Gasteiger partial charge is 0.345 e. The van der Waals surface area contributed by atoms with E-state index < -0.39 is 11.9 Å². The Bertz CT molecular complexity index is 384. The molecule has 16 heavy (non-hydrogen) atoms. The molecule has 0 aromatic heterocycles. The molecule has 4 heteroatoms. The summed E-state index contributed by atoms with van der Waals surface area (Å²) in [5.74, 6) is -0.681. The fourth-order valence-corrected chi connectivity index (χ4v) is 1.12. The zero-order chi connectivity index (χ0) is 12.0. The van der Waals surface area contributed by atoms with Crippen LogP contribution in [0.5, 0.6) is 5.75 Å². The molecule has 1 aromatic rings. The molecule has 0 heterocycles. The quantitative estimate of drug-likeness (QED) is 0.578. The van der Waals surface area contributed by atoms with Crippen molar-refractivity contribution in [1.29, 1.82) is 0 Å². The molecule has 0 amide bonds. The van der Waals surface area contributed by atoms with Crippen LogP contribution in [0.4, 0.5) is 0 Å². The fraction of sp³-hybridized carbons (Fsp3) is 0.333. The van der Waals surface area contributed by atoms with E-state index in [0.29, 0.717) is 17.9 Å². The number of hydrogen-bond donors (Lipinski definition) is 0. The Balaban J connectivity index is 2.73. The Labute approximate surface area is 94.2 Å². The molecule has 0 saturated heterocycles. The second kappa shape index (κ2) is 5.90. The van der Waals surface area contributed by atoms with Gasteiger partial charge in [-0.1, -0.05) is 13.0 Å². The van der Waals surface area contributed by atoms with Crippen molar-refractivity contribution in [1.82, 2.24) is 0 Å². The van der Waals surface area contributed by atoms with Crippen LogP contribution in [0.15, 0.2) is 24.3 Å². The van der Waals surface area contributed by atoms with Crippen molar-refractivity contribution < 1.29 is 19.1 Å². The third-order valence-electron chi connectivity index (χ3n) is 1.78. The van der Waals surface area contributed by atoms with Crippen LogP contribution in [0.1, 0.15) is 30.6 Å². The van der Waals surface area contributed by atoms with Crippen LogP contribution in [0.3, 0.4) is 0 Å². The molecule has 86 valence electrons. The first-order chi connectivity index (χ1) is 7.63. The van der Waals surface area contributed by atoms with E-state index in [1.165, 1.54) is 6.92 Å². The van der Waals surface area contributed by atoms with E-state index in [1.54, 1.807) is 24.3 Å². The minimum atomic E-state index is -0.658. The van der Waals surface area contributed by atoms with Crippen LogP contribution in [0.2, 0.25) is 0 Å². The van der Waals surface area contributed by atoms with Crippen molar-refractivity contribution in [2.24, 2.45) is 0 Å². The summed E-state index contributed by atoms with van der Waals surface area (Å²) in [6, 6.07) is 6.56. The molecule has 0 unspecified atom stereocenters. The molecule has 0 radical (unpaired) electrons. The summed E-state index contributed by atoms with van der Waals surface area (Å²) in [5, 5.41) is 0. The Kier molecular flexibility index (Phi) is 4.51. The van der Waals surface area contributed by atoms with E-state index in [2.05, 4.69) is 4.74 Å². The summed E-state index contributed by atoms with van der Waals surface area (Å²) < 4.78 is 9.82. The molecule has 0 aliphatic heterocycles. The minimum absolute atomic E-state index is 0.309. The molecule has 1 rings (SSSR count). The maximum absolute atomic E-state index is 11.4. The van der Waals surface area contributed by atoms with E-state index in [-0.39, 0.29) is 0 Å². The highest BCUT2D eigenvalue weighted by Gasteiger charge is 2.10. The third kappa shape index (κ3) is 3.73. The van der Waals surface area contributed by atoms with Crippen molar-refractivity contribution >= 4 is 11.9 Å². The lowest BCUT2D eigenvalue weighted by Gasteiger charge is -2.05. The standard InChI is InChI=1S/C12H14O4/c1-3-7-15-11-6-4-5-10(8-11)12(14)16-9(2)13/h4-6,8H,3,7H2,1-2H3. The molecule has 4 nitrogen and oxygen atoms in total. The minimum Gasteiger partial charge on any atom is -0.494 e. The zero-order valence-corrected chi connectivity index (χ0v) is 9.36. The van der Waals surface area contributed by atoms with Crippen LogP contribution in [0.25, 0.3) is 0 Å². The van der Waals surface area contributed by atoms with Gasteiger partial charge in [-0.05, 0) is 24.6 Å². The average molecular weight is 222 g/mol. The largest absolute Gasteiger partial charge is 0.494 e. The van der Waals surface area contributed by atoms with Gasteiger partial charge in [0.15, 0.2) is 0 Å². The van der Waals surface area contributed by atoms with Crippen LogP contribution in [-0.2, 0) is 9.53 Å². The summed E-state index contributed by atoms with van der Waals surface area (Å²) in [7, 11) is 0. The maximum atomic E-state index is 11.4. The van der Waals surface area contributed by atoms with Gasteiger partial charge in [-0.2, -0.15) is 0 Å². The lowest BCUT2D eigenvalue weighted by atomic mass is 10.2. The number of benzene rings is 1. The van der Waals surface area contributed by atoms with E-state index in [9.17, 15) is 9.59 Å². The first-order valence-corrected chi connectivity index (χ1v) is 5.09. The van der Waals surface area contributed by atoms with Gasteiger partial charge in [0.25, 0.3) is 0 Å². The fourth-order valence-electron chi connectivity index (χ4n) is 1.12. The lowest BCUT2D eigenvalue weighted by molar-refractivity contribution is -0.135. The van der Waals surface area contributed by atoms with Gasteiger partial charge in [0.05, 0.1) is 12.2 Å². The first kappa shape index (κ1) is 12.2. The summed E-state index contributed by atoms with van der Waals surface area (Å²) in [4.78, 5) is 22.0. The SMILES string of the molecule is CCCOc1cccc(C(=O)OC(C)=O)c1. The molecule has 0 bridgehead atoms. The average Bonchev–Trinajstić information content (AvgIpc) is 2.26. The summed E-state index contributed by atoms with van der Waals surface area (Å²) in [6.45, 7) is 3.77. The van der Waals surface area contributed by atoms with E-state index in [1.807, 2.05) is 6.92 Å². The monoisotopic (exact) mass is 222 g/mol. The van der Waals surface area contributed by atoms with Crippen molar-refractivity contribution in [3.8, 4) is 5.75 Å². The molecule has 0 saturated carbocycles. The summed E-state index contributed by atoms with van der Waals surface area (Å²) in [6.07, 6.45) is 0.891. The van der Waals surface area contributed by atoms with Gasteiger partial charge in [0.1, 0.15) is 5.75 Å². The second-order valence-electron chi connectivity index (χ2n) is 3.26. The molecule has 0 aliphatic carbocycles. The third-order valence-corrected chi connectivity index (χ3v) is 1.78. The first-order valence-electron chi connectivity index (χ1n) is 5.09. The van der Waals surface area contributed by atoms with Crippen LogP contribution >= 0.6 is 0 Å². The molecule has 0 N–H and O–H groups in total. The van der Waals surface area contributed by atoms with Gasteiger partial charge in [-0.15, -0.1) is 0 Å². The predicted octanol–water partition coefficient (Wildman–Crippen LogP) is 2.18. The number of hydrogen-bond acceptors (Lipinski definition) is 4. The van der Waals surface area contributed by atoms with Crippen LogP contribution < -0.4 is 4.74 Å². The van der Waals surface area contributed by atoms with Crippen LogP contribution in [0, 0.1) is 0 Å². The van der Waals surface area contributed by atoms with E-state index in [4.69, 9.17) is 4.74 Å². The van der Waals surface area contributed by atoms with E-state index in [0.717, 1.165) is 6.42 Å². The highest BCUT2D eigenvalue weighted by Crippen LogP contribution is 2.14. The van der Waals surface area contributed by atoms with Crippen molar-refractivity contribution in [3.63, 3.8) is 0 Å². The van der Waals surface area contributed by atoms with Gasteiger partial charge in [0.2, 0.25) is 0 Å². The summed E-state index contributed by atoms with van der Waals surface area (Å²) in [5.41, 5.74) is 0.309. The Morgan fingerprint density at radius 2 is 2.06 bits per heavy atom. The predicted molar refractivity (Wildman–Crippen MR) is 58.3 cm³/mol. The molecule has 0 atom stereocenters. The van der Waals surface area contributed by atoms with E-state index >= 15 is 0 Å². The molecular formula is C12H14O4.